The van der Waals surface area contributed by atoms with E-state index in [0.717, 1.165) is 36.4 Å². The molecule has 0 saturated carbocycles. The van der Waals surface area contributed by atoms with E-state index in [-0.39, 0.29) is 41.4 Å². The van der Waals surface area contributed by atoms with Gasteiger partial charge in [-0.15, -0.1) is 0 Å². The lowest BCUT2D eigenvalue weighted by Gasteiger charge is -2.42. The maximum atomic E-state index is 13.4. The van der Waals surface area contributed by atoms with Crippen LogP contribution in [0.1, 0.15) is 61.0 Å². The number of halogens is 1. The summed E-state index contributed by atoms with van der Waals surface area (Å²) >= 11 is 6.40. The fourth-order valence-electron chi connectivity index (χ4n) is 7.38. The van der Waals surface area contributed by atoms with E-state index in [1.807, 2.05) is 25.1 Å². The quantitative estimate of drug-likeness (QED) is 0.434. The molecule has 1 saturated heterocycles. The number of hydrogen-bond acceptors (Lipinski definition) is 7. The highest BCUT2D eigenvalue weighted by molar-refractivity contribution is 7.90. The van der Waals surface area contributed by atoms with Gasteiger partial charge in [0.1, 0.15) is 5.75 Å². The molecule has 0 radical (unpaired) electrons. The zero-order chi connectivity index (χ0) is 30.4. The lowest BCUT2D eigenvalue weighted by Crippen LogP contribution is -2.48. The molecule has 1 fully saturated rings. The lowest BCUT2D eigenvalue weighted by atomic mass is 9.70. The highest BCUT2D eigenvalue weighted by Crippen LogP contribution is 2.45. The van der Waals surface area contributed by atoms with E-state index in [1.165, 1.54) is 11.1 Å². The van der Waals surface area contributed by atoms with Crippen molar-refractivity contribution in [2.24, 2.45) is 17.8 Å². The summed E-state index contributed by atoms with van der Waals surface area (Å²) in [5.74, 6) is -0.299. The minimum atomic E-state index is -3.93. The van der Waals surface area contributed by atoms with Gasteiger partial charge in [-0.3, -0.25) is 4.79 Å². The molecule has 43 heavy (non-hydrogen) atoms. The van der Waals surface area contributed by atoms with Crippen molar-refractivity contribution in [3.63, 3.8) is 0 Å². The van der Waals surface area contributed by atoms with Crippen LogP contribution in [0.2, 0.25) is 5.02 Å². The summed E-state index contributed by atoms with van der Waals surface area (Å²) < 4.78 is 41.6. The zero-order valence-corrected chi connectivity index (χ0v) is 26.4. The summed E-state index contributed by atoms with van der Waals surface area (Å²) in [7, 11) is -3.93. The number of allylic oxidation sites excluding steroid dienone is 1. The molecule has 4 aliphatic rings. The second-order valence-corrected chi connectivity index (χ2v) is 15.3. The number of rotatable bonds is 1. The predicted molar refractivity (Wildman–Crippen MR) is 167 cm³/mol. The monoisotopic (exact) mass is 628 g/mol. The standard InChI is InChI=1S/C33H41ClN2O6S/c1-21-5-3-6-26(18-37)31-25(12-14-41-31)17-36-19-33(13-4-7-23-15-27(34)9-10-28(23)33)20-42-30-11-8-24(16-29(30)36)32(38)35-43(39,40)22(21)2/h3,6,8-11,15-16,21-22,25-26,31,37H,4-5,7,12-14,17-20H2,1-2H3,(H,35,38)/b6-3+/t21-,22+,25-,26?,31+,33-/m0/s1. The maximum Gasteiger partial charge on any atom is 0.264 e. The first-order valence-electron chi connectivity index (χ1n) is 15.4. The third kappa shape index (κ3) is 5.93. The number of nitrogens with one attached hydrogen (secondary N) is 1. The Bertz CT molecular complexity index is 1510. The average Bonchev–Trinajstić information content (AvgIpc) is 3.38. The molecule has 1 aliphatic carbocycles. The van der Waals surface area contributed by atoms with E-state index in [2.05, 4.69) is 21.8 Å². The molecule has 2 aromatic rings. The van der Waals surface area contributed by atoms with Crippen LogP contribution in [0, 0.1) is 17.8 Å². The third-order valence-corrected chi connectivity index (χ3v) is 12.2. The Hall–Kier alpha value is -2.59. The first-order valence-corrected chi connectivity index (χ1v) is 17.3. The van der Waals surface area contributed by atoms with Gasteiger partial charge in [0.15, 0.2) is 0 Å². The van der Waals surface area contributed by atoms with Crippen LogP contribution in [0.4, 0.5) is 5.69 Å². The number of benzene rings is 2. The van der Waals surface area contributed by atoms with Crippen LogP contribution in [0.15, 0.2) is 48.6 Å². The molecule has 1 spiro atoms. The fourth-order valence-corrected chi connectivity index (χ4v) is 8.86. The number of aliphatic hydroxyl groups excluding tert-OH is 1. The average molecular weight is 629 g/mol. The second-order valence-electron chi connectivity index (χ2n) is 12.8. The maximum absolute atomic E-state index is 13.4. The minimum absolute atomic E-state index is 0.0577. The Morgan fingerprint density at radius 1 is 1.19 bits per heavy atom. The van der Waals surface area contributed by atoms with Gasteiger partial charge >= 0.3 is 0 Å². The van der Waals surface area contributed by atoms with E-state index in [9.17, 15) is 18.3 Å². The number of anilines is 1. The number of nitrogens with zero attached hydrogens (tertiary/aromatic N) is 1. The number of ether oxygens (including phenoxy) is 2. The van der Waals surface area contributed by atoms with Crippen molar-refractivity contribution in [3.05, 3.63) is 70.3 Å². The largest absolute Gasteiger partial charge is 0.490 e. The van der Waals surface area contributed by atoms with E-state index >= 15 is 0 Å². The van der Waals surface area contributed by atoms with Crippen molar-refractivity contribution < 1.29 is 27.8 Å². The van der Waals surface area contributed by atoms with Crippen molar-refractivity contribution in [3.8, 4) is 5.75 Å². The first kappa shape index (κ1) is 30.4. The zero-order valence-electron chi connectivity index (χ0n) is 24.8. The van der Waals surface area contributed by atoms with Gasteiger partial charge in [-0.05, 0) is 86.4 Å². The molecule has 2 aromatic carbocycles. The topological polar surface area (TPSA) is 105 Å². The number of fused-ring (bicyclic) bond motifs is 4. The predicted octanol–water partition coefficient (Wildman–Crippen LogP) is 4.87. The Morgan fingerprint density at radius 2 is 2.02 bits per heavy atom. The SMILES string of the molecule is C[C@@H]1[C@@H](C)C/C=C/C(CO)[C@@H]2OCC[C@H]2CN2C[C@@]3(CCCc4cc(Cl)ccc43)COc3ccc(cc32)C(=O)NS1(=O)=O. The molecule has 3 heterocycles. The summed E-state index contributed by atoms with van der Waals surface area (Å²) in [6, 6.07) is 11.3. The summed E-state index contributed by atoms with van der Waals surface area (Å²) in [4.78, 5) is 15.7. The number of sulfonamides is 1. The molecule has 1 unspecified atom stereocenters. The van der Waals surface area contributed by atoms with E-state index in [0.29, 0.717) is 38.5 Å². The van der Waals surface area contributed by atoms with Crippen LogP contribution >= 0.6 is 11.6 Å². The Labute approximate surface area is 259 Å². The normalized spacial score (nSPS) is 33.1. The van der Waals surface area contributed by atoms with Crippen molar-refractivity contribution >= 4 is 33.2 Å². The number of carbonyl (C=O) groups is 1. The molecular formula is C33H41ClN2O6S. The molecule has 232 valence electrons. The molecule has 6 atom stereocenters. The number of aryl methyl sites for hydroxylation is 1. The molecule has 10 heteroatoms. The van der Waals surface area contributed by atoms with Crippen LogP contribution in [0.5, 0.6) is 5.75 Å². The molecule has 1 amide bonds. The van der Waals surface area contributed by atoms with Crippen LogP contribution < -0.4 is 14.4 Å². The van der Waals surface area contributed by atoms with Gasteiger partial charge in [-0.2, -0.15) is 0 Å². The summed E-state index contributed by atoms with van der Waals surface area (Å²) in [5, 5.41) is 10.3. The molecule has 2 bridgehead atoms. The summed E-state index contributed by atoms with van der Waals surface area (Å²) in [5.41, 5.74) is 3.22. The smallest absolute Gasteiger partial charge is 0.264 e. The third-order valence-electron chi connectivity index (χ3n) is 10.1. The van der Waals surface area contributed by atoms with Crippen molar-refractivity contribution in [1.82, 2.24) is 4.72 Å². The summed E-state index contributed by atoms with van der Waals surface area (Å²) in [6.07, 6.45) is 8.01. The number of amides is 1. The van der Waals surface area contributed by atoms with Crippen molar-refractivity contribution in [2.75, 3.05) is 37.8 Å². The molecule has 8 nitrogen and oxygen atoms in total. The highest BCUT2D eigenvalue weighted by atomic mass is 35.5. The molecular weight excluding hydrogens is 588 g/mol. The Morgan fingerprint density at radius 3 is 2.84 bits per heavy atom. The molecule has 0 aromatic heterocycles. The van der Waals surface area contributed by atoms with Gasteiger partial charge in [0, 0.05) is 47.5 Å². The van der Waals surface area contributed by atoms with Crippen LogP contribution in [0.25, 0.3) is 0 Å². The van der Waals surface area contributed by atoms with Crippen LogP contribution in [0.3, 0.4) is 0 Å². The van der Waals surface area contributed by atoms with Gasteiger partial charge in [0.05, 0.1) is 30.3 Å². The second kappa shape index (κ2) is 12.1. The van der Waals surface area contributed by atoms with Gasteiger partial charge in [0.25, 0.3) is 5.91 Å². The Balaban J connectivity index is 1.45. The van der Waals surface area contributed by atoms with E-state index in [4.69, 9.17) is 21.1 Å². The van der Waals surface area contributed by atoms with Gasteiger partial charge < -0.3 is 19.5 Å². The number of hydrogen-bond donors (Lipinski definition) is 2. The van der Waals surface area contributed by atoms with Gasteiger partial charge in [-0.25, -0.2) is 13.1 Å². The molecule has 2 N–H and O–H groups in total. The summed E-state index contributed by atoms with van der Waals surface area (Å²) in [6.45, 7) is 5.82. The molecule has 3 aliphatic heterocycles. The van der Waals surface area contributed by atoms with E-state index < -0.39 is 21.2 Å². The minimum Gasteiger partial charge on any atom is -0.490 e. The van der Waals surface area contributed by atoms with Crippen LogP contribution in [-0.2, 0) is 26.6 Å². The Kier molecular flexibility index (Phi) is 8.54. The highest BCUT2D eigenvalue weighted by Gasteiger charge is 2.44. The molecule has 6 rings (SSSR count). The van der Waals surface area contributed by atoms with Crippen LogP contribution in [-0.4, -0.2) is 63.7 Å². The van der Waals surface area contributed by atoms with Crippen molar-refractivity contribution in [1.29, 1.82) is 0 Å². The van der Waals surface area contributed by atoms with Gasteiger partial charge in [0.2, 0.25) is 10.0 Å². The fraction of sp³-hybridized carbons (Fsp3) is 0.545. The van der Waals surface area contributed by atoms with E-state index in [1.54, 1.807) is 25.1 Å². The first-order chi connectivity index (χ1) is 20.6. The van der Waals surface area contributed by atoms with Gasteiger partial charge in [-0.1, -0.05) is 36.7 Å². The lowest BCUT2D eigenvalue weighted by molar-refractivity contribution is 0.0368. The number of carbonyl (C=O) groups excluding carboxylic acids is 1. The van der Waals surface area contributed by atoms with Crippen molar-refractivity contribution in [2.45, 2.75) is 62.7 Å². The number of aliphatic hydroxyl groups is 1.